The Morgan fingerprint density at radius 1 is 1.45 bits per heavy atom. The molecule has 2 amide bonds. The van der Waals surface area contributed by atoms with E-state index in [2.05, 4.69) is 5.32 Å². The van der Waals surface area contributed by atoms with E-state index in [1.165, 1.54) is 17.0 Å². The fourth-order valence-corrected chi connectivity index (χ4v) is 2.52. The fourth-order valence-electron chi connectivity index (χ4n) is 2.52. The van der Waals surface area contributed by atoms with Gasteiger partial charge < -0.3 is 15.3 Å². The van der Waals surface area contributed by atoms with E-state index in [9.17, 15) is 18.8 Å². The Balaban J connectivity index is 2.37. The van der Waals surface area contributed by atoms with Crippen molar-refractivity contribution in [1.29, 1.82) is 0 Å². The molecule has 2 N–H and O–H groups in total. The lowest BCUT2D eigenvalue weighted by molar-refractivity contribution is -0.146. The van der Waals surface area contributed by atoms with Gasteiger partial charge in [0.1, 0.15) is 12.4 Å². The summed E-state index contributed by atoms with van der Waals surface area (Å²) in [4.78, 5) is 36.5. The number of rotatable bonds is 4. The summed E-state index contributed by atoms with van der Waals surface area (Å²) < 4.78 is 13.3. The highest BCUT2D eigenvalue weighted by Crippen LogP contribution is 2.34. The molecule has 0 aromatic heterocycles. The quantitative estimate of drug-likeness (QED) is 0.884. The van der Waals surface area contributed by atoms with Gasteiger partial charge in [0, 0.05) is 18.2 Å². The Kier molecular flexibility index (Phi) is 4.44. The normalized spacial score (nSPS) is 16.9. The summed E-state index contributed by atoms with van der Waals surface area (Å²) in [5.74, 6) is -3.28. The zero-order valence-corrected chi connectivity index (χ0v) is 12.3. The highest BCUT2D eigenvalue weighted by atomic mass is 19.1. The molecule has 0 spiro atoms. The van der Waals surface area contributed by atoms with Crippen LogP contribution >= 0.6 is 0 Å². The van der Waals surface area contributed by atoms with Gasteiger partial charge in [0.25, 0.3) is 0 Å². The molecular formula is C15H17FN2O4. The smallest absolute Gasteiger partial charge is 0.323 e. The Bertz CT molecular complexity index is 630. The second-order valence-corrected chi connectivity index (χ2v) is 5.49. The lowest BCUT2D eigenvalue weighted by Gasteiger charge is -2.32. The summed E-state index contributed by atoms with van der Waals surface area (Å²) in [6, 6.07) is 3.50. The minimum atomic E-state index is -1.12. The van der Waals surface area contributed by atoms with Gasteiger partial charge in [-0.2, -0.15) is 0 Å². The van der Waals surface area contributed by atoms with Gasteiger partial charge in [0.2, 0.25) is 11.8 Å². The van der Waals surface area contributed by atoms with E-state index in [0.29, 0.717) is 5.56 Å². The molecule has 0 fully saturated rings. The molecule has 6 nitrogen and oxygen atoms in total. The largest absolute Gasteiger partial charge is 0.480 e. The van der Waals surface area contributed by atoms with Crippen LogP contribution in [0.3, 0.4) is 0 Å². The van der Waals surface area contributed by atoms with Crippen LogP contribution in [0.2, 0.25) is 0 Å². The monoisotopic (exact) mass is 308 g/mol. The number of anilines is 1. The summed E-state index contributed by atoms with van der Waals surface area (Å²) in [6.07, 6.45) is -0.0830. The maximum atomic E-state index is 13.3. The number of nitrogens with one attached hydrogen (secondary N) is 1. The first-order chi connectivity index (χ1) is 10.3. The summed E-state index contributed by atoms with van der Waals surface area (Å²) in [5, 5.41) is 11.5. The molecule has 1 atom stereocenters. The van der Waals surface area contributed by atoms with Gasteiger partial charge in [0.05, 0.1) is 5.92 Å². The van der Waals surface area contributed by atoms with Crippen molar-refractivity contribution in [2.45, 2.75) is 32.2 Å². The first-order valence-corrected chi connectivity index (χ1v) is 6.91. The molecular weight excluding hydrogens is 291 g/mol. The standard InChI is InChI=1S/C15H17FN2O4/c1-8(2)18(7-14(20)21)15(22)11-6-13(19)17-12-5-9(16)3-4-10(11)12/h3-5,8,11H,6-7H2,1-2H3,(H,17,19)(H,20,21)/t11-/m0/s1. The number of aliphatic carboxylic acids is 1. The molecule has 118 valence electrons. The van der Waals surface area contributed by atoms with Gasteiger partial charge >= 0.3 is 5.97 Å². The molecule has 22 heavy (non-hydrogen) atoms. The SMILES string of the molecule is CC(C)N(CC(=O)O)C(=O)[C@H]1CC(=O)Nc2cc(F)ccc21. The van der Waals surface area contributed by atoms with E-state index in [1.54, 1.807) is 13.8 Å². The highest BCUT2D eigenvalue weighted by Gasteiger charge is 2.35. The maximum Gasteiger partial charge on any atom is 0.323 e. The molecule has 1 aliphatic rings. The van der Waals surface area contributed by atoms with Crippen molar-refractivity contribution < 1.29 is 23.9 Å². The highest BCUT2D eigenvalue weighted by molar-refractivity contribution is 6.01. The summed E-state index contributed by atoms with van der Waals surface area (Å²) in [6.45, 7) is 2.97. The van der Waals surface area contributed by atoms with Crippen LogP contribution in [0.25, 0.3) is 0 Å². The molecule has 0 unspecified atom stereocenters. The molecule has 0 saturated carbocycles. The Morgan fingerprint density at radius 2 is 2.14 bits per heavy atom. The van der Waals surface area contributed by atoms with Crippen molar-refractivity contribution in [2.24, 2.45) is 0 Å². The predicted molar refractivity (Wildman–Crippen MR) is 76.9 cm³/mol. The Labute approximate surface area is 126 Å². The van der Waals surface area contributed by atoms with Crippen molar-refractivity contribution in [2.75, 3.05) is 11.9 Å². The fraction of sp³-hybridized carbons (Fsp3) is 0.400. The molecule has 1 aromatic rings. The number of carboxylic acid groups (broad SMARTS) is 1. The third-order valence-electron chi connectivity index (χ3n) is 3.56. The number of carbonyl (C=O) groups excluding carboxylic acids is 2. The van der Waals surface area contributed by atoms with Crippen LogP contribution in [0.4, 0.5) is 10.1 Å². The topological polar surface area (TPSA) is 86.7 Å². The van der Waals surface area contributed by atoms with E-state index in [4.69, 9.17) is 5.11 Å². The molecule has 0 saturated heterocycles. The number of amides is 2. The van der Waals surface area contributed by atoms with Crippen LogP contribution in [0, 0.1) is 5.82 Å². The maximum absolute atomic E-state index is 13.3. The number of nitrogens with zero attached hydrogens (tertiary/aromatic N) is 1. The molecule has 1 aliphatic heterocycles. The predicted octanol–water partition coefficient (Wildman–Crippen LogP) is 1.57. The molecule has 1 heterocycles. The van der Waals surface area contributed by atoms with Crippen molar-refractivity contribution in [3.8, 4) is 0 Å². The first-order valence-electron chi connectivity index (χ1n) is 6.91. The zero-order valence-electron chi connectivity index (χ0n) is 12.3. The van der Waals surface area contributed by atoms with Crippen LogP contribution in [0.1, 0.15) is 31.7 Å². The second kappa shape index (κ2) is 6.13. The third kappa shape index (κ3) is 3.24. The van der Waals surface area contributed by atoms with Gasteiger partial charge in [-0.3, -0.25) is 14.4 Å². The number of carboxylic acids is 1. The number of benzene rings is 1. The number of halogens is 1. The minimum absolute atomic E-state index is 0.0830. The van der Waals surface area contributed by atoms with Crippen LogP contribution in [0.15, 0.2) is 18.2 Å². The number of hydrogen-bond donors (Lipinski definition) is 2. The van der Waals surface area contributed by atoms with Crippen molar-refractivity contribution in [1.82, 2.24) is 4.90 Å². The Morgan fingerprint density at radius 3 is 2.73 bits per heavy atom. The van der Waals surface area contributed by atoms with Gasteiger partial charge in [-0.25, -0.2) is 4.39 Å². The molecule has 0 aliphatic carbocycles. The Hall–Kier alpha value is -2.44. The number of hydrogen-bond acceptors (Lipinski definition) is 3. The van der Waals surface area contributed by atoms with E-state index >= 15 is 0 Å². The molecule has 0 bridgehead atoms. The van der Waals surface area contributed by atoms with Crippen LogP contribution in [-0.4, -0.2) is 40.4 Å². The third-order valence-corrected chi connectivity index (χ3v) is 3.56. The molecule has 2 rings (SSSR count). The number of fused-ring (bicyclic) bond motifs is 1. The van der Waals surface area contributed by atoms with E-state index in [0.717, 1.165) is 6.07 Å². The lowest BCUT2D eigenvalue weighted by Crippen LogP contribution is -2.44. The average molecular weight is 308 g/mol. The zero-order chi connectivity index (χ0) is 16.4. The molecule has 1 aromatic carbocycles. The van der Waals surface area contributed by atoms with E-state index < -0.39 is 36.1 Å². The summed E-state index contributed by atoms with van der Waals surface area (Å²) in [7, 11) is 0. The average Bonchev–Trinajstić information content (AvgIpc) is 2.42. The van der Waals surface area contributed by atoms with Crippen LogP contribution in [-0.2, 0) is 14.4 Å². The van der Waals surface area contributed by atoms with Crippen molar-refractivity contribution >= 4 is 23.5 Å². The lowest BCUT2D eigenvalue weighted by atomic mass is 9.89. The molecule has 0 radical (unpaired) electrons. The van der Waals surface area contributed by atoms with E-state index in [1.807, 2.05) is 0 Å². The minimum Gasteiger partial charge on any atom is -0.480 e. The van der Waals surface area contributed by atoms with Gasteiger partial charge in [-0.1, -0.05) is 6.07 Å². The van der Waals surface area contributed by atoms with Gasteiger partial charge in [0.15, 0.2) is 0 Å². The number of carbonyl (C=O) groups is 3. The van der Waals surface area contributed by atoms with Crippen molar-refractivity contribution in [3.63, 3.8) is 0 Å². The summed E-state index contributed by atoms with van der Waals surface area (Å²) in [5.41, 5.74) is 0.760. The van der Waals surface area contributed by atoms with Crippen molar-refractivity contribution in [3.05, 3.63) is 29.6 Å². The molecule has 7 heteroatoms. The van der Waals surface area contributed by atoms with Gasteiger partial charge in [-0.15, -0.1) is 0 Å². The summed E-state index contributed by atoms with van der Waals surface area (Å²) >= 11 is 0. The van der Waals surface area contributed by atoms with Crippen LogP contribution in [0.5, 0.6) is 0 Å². The van der Waals surface area contributed by atoms with Gasteiger partial charge in [-0.05, 0) is 31.5 Å². The first kappa shape index (κ1) is 15.9. The second-order valence-electron chi connectivity index (χ2n) is 5.49. The van der Waals surface area contributed by atoms with Crippen LogP contribution < -0.4 is 5.32 Å². The van der Waals surface area contributed by atoms with E-state index in [-0.39, 0.29) is 18.2 Å².